The Kier molecular flexibility index (Phi) is 3.31. The van der Waals surface area contributed by atoms with Gasteiger partial charge in [-0.1, -0.05) is 24.3 Å². The monoisotopic (exact) mass is 269 g/mol. The summed E-state index contributed by atoms with van der Waals surface area (Å²) in [5.74, 6) is 0.340. The Morgan fingerprint density at radius 2 is 1.75 bits per heavy atom. The molecule has 0 spiro atoms. The third-order valence-corrected chi connectivity index (χ3v) is 3.05. The first-order valence-corrected chi connectivity index (χ1v) is 6.19. The number of aliphatic hydroxyl groups is 1. The number of benzene rings is 2. The molecule has 0 saturated heterocycles. The summed E-state index contributed by atoms with van der Waals surface area (Å²) in [6.07, 6.45) is 1.67. The lowest BCUT2D eigenvalue weighted by atomic mass is 10.2. The van der Waals surface area contributed by atoms with Crippen LogP contribution in [0.15, 0.2) is 54.7 Å². The number of halogens is 1. The quantitative estimate of drug-likeness (QED) is 0.789. The summed E-state index contributed by atoms with van der Waals surface area (Å²) in [7, 11) is 0. The third-order valence-electron chi connectivity index (χ3n) is 3.05. The van der Waals surface area contributed by atoms with Crippen LogP contribution in [0.25, 0.3) is 10.9 Å². The number of hydrogen-bond acceptors (Lipinski definition) is 3. The van der Waals surface area contributed by atoms with Crippen LogP contribution in [0.1, 0.15) is 5.56 Å². The molecule has 0 atom stereocenters. The van der Waals surface area contributed by atoms with Crippen LogP contribution in [0.4, 0.5) is 4.39 Å². The van der Waals surface area contributed by atoms with Crippen molar-refractivity contribution in [1.82, 2.24) is 4.98 Å². The molecule has 20 heavy (non-hydrogen) atoms. The van der Waals surface area contributed by atoms with Gasteiger partial charge in [-0.15, -0.1) is 0 Å². The maximum absolute atomic E-state index is 13.6. The second-order valence-electron chi connectivity index (χ2n) is 4.31. The van der Waals surface area contributed by atoms with E-state index in [0.29, 0.717) is 17.0 Å². The van der Waals surface area contributed by atoms with Gasteiger partial charge >= 0.3 is 0 Å². The van der Waals surface area contributed by atoms with Gasteiger partial charge in [0.25, 0.3) is 0 Å². The van der Waals surface area contributed by atoms with Crippen LogP contribution in [-0.4, -0.2) is 10.1 Å². The van der Waals surface area contributed by atoms with E-state index < -0.39 is 12.4 Å². The van der Waals surface area contributed by atoms with Gasteiger partial charge in [-0.05, 0) is 24.3 Å². The van der Waals surface area contributed by atoms with Crippen molar-refractivity contribution in [1.29, 1.82) is 0 Å². The fourth-order valence-electron chi connectivity index (χ4n) is 2.06. The van der Waals surface area contributed by atoms with E-state index in [9.17, 15) is 9.50 Å². The SMILES string of the molecule is OCc1c(F)cccc1Oc1cccc2cccnc12. The largest absolute Gasteiger partial charge is 0.455 e. The molecule has 1 heterocycles. The van der Waals surface area contributed by atoms with Gasteiger partial charge in [-0.3, -0.25) is 4.98 Å². The zero-order chi connectivity index (χ0) is 13.9. The topological polar surface area (TPSA) is 42.4 Å². The average molecular weight is 269 g/mol. The maximum Gasteiger partial charge on any atom is 0.153 e. The van der Waals surface area contributed by atoms with E-state index in [-0.39, 0.29) is 5.56 Å². The Hall–Kier alpha value is -2.46. The van der Waals surface area contributed by atoms with Crippen LogP contribution in [0.2, 0.25) is 0 Å². The second-order valence-corrected chi connectivity index (χ2v) is 4.31. The van der Waals surface area contributed by atoms with Crippen molar-refractivity contribution >= 4 is 10.9 Å². The maximum atomic E-state index is 13.6. The van der Waals surface area contributed by atoms with E-state index >= 15 is 0 Å². The van der Waals surface area contributed by atoms with Crippen LogP contribution in [0.3, 0.4) is 0 Å². The minimum atomic E-state index is -0.488. The zero-order valence-electron chi connectivity index (χ0n) is 10.6. The number of aromatic nitrogens is 1. The summed E-state index contributed by atoms with van der Waals surface area (Å²) < 4.78 is 19.3. The fourth-order valence-corrected chi connectivity index (χ4v) is 2.06. The molecule has 0 aliphatic heterocycles. The van der Waals surface area contributed by atoms with Gasteiger partial charge in [-0.25, -0.2) is 4.39 Å². The van der Waals surface area contributed by atoms with Gasteiger partial charge in [0.2, 0.25) is 0 Å². The van der Waals surface area contributed by atoms with E-state index in [1.54, 1.807) is 24.4 Å². The molecule has 100 valence electrons. The first-order valence-electron chi connectivity index (χ1n) is 6.19. The standard InChI is InChI=1S/C16H12FNO2/c17-13-6-2-7-14(12(13)10-19)20-15-8-1-4-11-5-3-9-18-16(11)15/h1-9,19H,10H2. The molecule has 0 unspecified atom stereocenters. The lowest BCUT2D eigenvalue weighted by Gasteiger charge is -2.11. The van der Waals surface area contributed by atoms with E-state index in [1.807, 2.05) is 24.3 Å². The Labute approximate surface area is 115 Å². The number of hydrogen-bond donors (Lipinski definition) is 1. The van der Waals surface area contributed by atoms with Crippen molar-refractivity contribution in [3.63, 3.8) is 0 Å². The molecule has 4 heteroatoms. The summed E-state index contributed by atoms with van der Waals surface area (Å²) in [5, 5.41) is 10.2. The van der Waals surface area contributed by atoms with Crippen molar-refractivity contribution < 1.29 is 14.2 Å². The van der Waals surface area contributed by atoms with Crippen LogP contribution >= 0.6 is 0 Å². The van der Waals surface area contributed by atoms with E-state index in [2.05, 4.69) is 4.98 Å². The molecule has 3 rings (SSSR count). The first kappa shape index (κ1) is 12.6. The minimum absolute atomic E-state index is 0.139. The molecule has 0 saturated carbocycles. The van der Waals surface area contributed by atoms with Gasteiger partial charge in [0.15, 0.2) is 5.75 Å². The third kappa shape index (κ3) is 2.21. The van der Waals surface area contributed by atoms with Crippen molar-refractivity contribution in [2.75, 3.05) is 0 Å². The Morgan fingerprint density at radius 3 is 2.60 bits per heavy atom. The van der Waals surface area contributed by atoms with Gasteiger partial charge in [0, 0.05) is 11.6 Å². The fraction of sp³-hybridized carbons (Fsp3) is 0.0625. The number of ether oxygens (including phenoxy) is 1. The number of pyridine rings is 1. The Bertz CT molecular complexity index is 753. The molecule has 0 radical (unpaired) electrons. The summed E-state index contributed by atoms with van der Waals surface area (Å²) >= 11 is 0. The predicted molar refractivity (Wildman–Crippen MR) is 74.1 cm³/mol. The highest BCUT2D eigenvalue weighted by molar-refractivity contribution is 5.84. The normalized spacial score (nSPS) is 10.7. The molecular formula is C16H12FNO2. The molecule has 1 N–H and O–H groups in total. The van der Waals surface area contributed by atoms with Gasteiger partial charge in [0.05, 0.1) is 12.2 Å². The van der Waals surface area contributed by atoms with Crippen LogP contribution in [0.5, 0.6) is 11.5 Å². The molecule has 3 nitrogen and oxygen atoms in total. The first-order chi connectivity index (χ1) is 9.79. The zero-order valence-corrected chi connectivity index (χ0v) is 10.6. The van der Waals surface area contributed by atoms with Crippen molar-refractivity contribution in [2.45, 2.75) is 6.61 Å². The summed E-state index contributed by atoms with van der Waals surface area (Å²) in [6, 6.07) is 13.8. The molecule has 3 aromatic rings. The van der Waals surface area contributed by atoms with Crippen LogP contribution < -0.4 is 4.74 Å². The van der Waals surface area contributed by atoms with Crippen molar-refractivity contribution in [3.05, 3.63) is 66.1 Å². The smallest absolute Gasteiger partial charge is 0.153 e. The van der Waals surface area contributed by atoms with Crippen LogP contribution in [-0.2, 0) is 6.61 Å². The molecule has 0 fully saturated rings. The number of fused-ring (bicyclic) bond motifs is 1. The second kappa shape index (κ2) is 5.27. The van der Waals surface area contributed by atoms with E-state index in [1.165, 1.54) is 6.07 Å². The molecule has 0 bridgehead atoms. The molecule has 0 aliphatic carbocycles. The lowest BCUT2D eigenvalue weighted by molar-refractivity contribution is 0.270. The lowest BCUT2D eigenvalue weighted by Crippen LogP contribution is -1.96. The van der Waals surface area contributed by atoms with E-state index in [0.717, 1.165) is 5.39 Å². The highest BCUT2D eigenvalue weighted by Gasteiger charge is 2.11. The van der Waals surface area contributed by atoms with Gasteiger partial charge in [0.1, 0.15) is 17.1 Å². The molecule has 0 aliphatic rings. The molecule has 2 aromatic carbocycles. The highest BCUT2D eigenvalue weighted by Crippen LogP contribution is 2.31. The number of rotatable bonds is 3. The number of para-hydroxylation sites is 1. The predicted octanol–water partition coefficient (Wildman–Crippen LogP) is 3.66. The summed E-state index contributed by atoms with van der Waals surface area (Å²) in [6.45, 7) is -0.416. The Morgan fingerprint density at radius 1 is 1.00 bits per heavy atom. The van der Waals surface area contributed by atoms with Crippen molar-refractivity contribution in [3.8, 4) is 11.5 Å². The molecular weight excluding hydrogens is 257 g/mol. The van der Waals surface area contributed by atoms with Gasteiger partial charge in [-0.2, -0.15) is 0 Å². The number of aliphatic hydroxyl groups excluding tert-OH is 1. The van der Waals surface area contributed by atoms with E-state index in [4.69, 9.17) is 4.74 Å². The average Bonchev–Trinajstić information content (AvgIpc) is 2.48. The summed E-state index contributed by atoms with van der Waals surface area (Å²) in [5.41, 5.74) is 0.837. The highest BCUT2D eigenvalue weighted by atomic mass is 19.1. The van der Waals surface area contributed by atoms with Crippen molar-refractivity contribution in [2.24, 2.45) is 0 Å². The van der Waals surface area contributed by atoms with Crippen LogP contribution in [0, 0.1) is 5.82 Å². The Balaban J connectivity index is 2.08. The molecule has 1 aromatic heterocycles. The minimum Gasteiger partial charge on any atom is -0.455 e. The number of nitrogens with zero attached hydrogens (tertiary/aromatic N) is 1. The van der Waals surface area contributed by atoms with Gasteiger partial charge < -0.3 is 9.84 Å². The molecule has 0 amide bonds. The summed E-state index contributed by atoms with van der Waals surface area (Å²) in [4.78, 5) is 4.27.